The molecule has 0 fully saturated rings. The molecule has 1 aromatic carbocycles. The fourth-order valence-electron chi connectivity index (χ4n) is 3.03. The second-order valence-corrected chi connectivity index (χ2v) is 8.97. The molecule has 4 rings (SSSR count). The molecule has 0 atom stereocenters. The van der Waals surface area contributed by atoms with Crippen LogP contribution in [0, 0.1) is 11.6 Å². The van der Waals surface area contributed by atoms with Crippen LogP contribution in [0.1, 0.15) is 5.56 Å². The smallest absolute Gasteiger partial charge is 0.233 e. The molecular formula is C20H19F2N7O2S. The lowest BCUT2D eigenvalue weighted by molar-refractivity contribution is 0.599. The number of H-pyrrole nitrogens is 1. The topological polar surface area (TPSA) is 116 Å². The lowest BCUT2D eigenvalue weighted by atomic mass is 10.2. The van der Waals surface area contributed by atoms with Crippen molar-refractivity contribution in [1.29, 1.82) is 0 Å². The maximum absolute atomic E-state index is 14.4. The number of aromatic nitrogens is 4. The molecule has 0 aliphatic carbocycles. The monoisotopic (exact) mass is 459 g/mol. The predicted molar refractivity (Wildman–Crippen MR) is 118 cm³/mol. The van der Waals surface area contributed by atoms with Gasteiger partial charge in [-0.3, -0.25) is 4.31 Å². The molecule has 0 amide bonds. The van der Waals surface area contributed by atoms with Crippen LogP contribution in [0.4, 0.5) is 32.1 Å². The van der Waals surface area contributed by atoms with E-state index >= 15 is 0 Å². The van der Waals surface area contributed by atoms with Crippen LogP contribution >= 0.6 is 0 Å². The average molecular weight is 459 g/mol. The first-order valence-corrected chi connectivity index (χ1v) is 11.3. The normalized spacial score (nSPS) is 11.5. The minimum atomic E-state index is -3.52. The van der Waals surface area contributed by atoms with Crippen LogP contribution in [0.15, 0.2) is 48.8 Å². The molecule has 0 unspecified atom stereocenters. The third kappa shape index (κ3) is 4.44. The fourth-order valence-corrected chi connectivity index (χ4v) is 3.51. The number of benzene rings is 1. The van der Waals surface area contributed by atoms with Crippen LogP contribution in [-0.2, 0) is 16.6 Å². The van der Waals surface area contributed by atoms with Crippen LogP contribution in [0.2, 0.25) is 0 Å². The van der Waals surface area contributed by atoms with Gasteiger partial charge in [-0.05, 0) is 30.3 Å². The van der Waals surface area contributed by atoms with E-state index in [1.807, 2.05) is 0 Å². The van der Waals surface area contributed by atoms with Gasteiger partial charge < -0.3 is 15.6 Å². The third-order valence-corrected chi connectivity index (χ3v) is 5.86. The molecule has 0 bridgehead atoms. The van der Waals surface area contributed by atoms with Gasteiger partial charge in [0.2, 0.25) is 16.0 Å². The van der Waals surface area contributed by atoms with Gasteiger partial charge in [0.05, 0.1) is 11.6 Å². The molecule has 0 aliphatic rings. The van der Waals surface area contributed by atoms with Crippen molar-refractivity contribution in [2.24, 2.45) is 0 Å². The second-order valence-electron chi connectivity index (χ2n) is 6.96. The van der Waals surface area contributed by atoms with Crippen LogP contribution < -0.4 is 14.9 Å². The molecule has 3 N–H and O–H groups in total. The Balaban J connectivity index is 1.66. The van der Waals surface area contributed by atoms with Crippen molar-refractivity contribution in [3.63, 3.8) is 0 Å². The number of halogens is 2. The van der Waals surface area contributed by atoms with Crippen molar-refractivity contribution in [3.05, 3.63) is 66.0 Å². The van der Waals surface area contributed by atoms with Gasteiger partial charge in [0.15, 0.2) is 5.82 Å². The van der Waals surface area contributed by atoms with Crippen LogP contribution in [0.3, 0.4) is 0 Å². The molecule has 9 nitrogen and oxygen atoms in total. The summed E-state index contributed by atoms with van der Waals surface area (Å²) in [5.74, 6) is -0.335. The number of sulfonamides is 1. The Morgan fingerprint density at radius 2 is 1.88 bits per heavy atom. The fraction of sp³-hybridized carbons (Fsp3) is 0.150. The van der Waals surface area contributed by atoms with Gasteiger partial charge >= 0.3 is 0 Å². The Labute approximate surface area is 182 Å². The highest BCUT2D eigenvalue weighted by atomic mass is 32.2. The first-order valence-electron chi connectivity index (χ1n) is 9.41. The van der Waals surface area contributed by atoms with Gasteiger partial charge in [-0.15, -0.1) is 0 Å². The lowest BCUT2D eigenvalue weighted by Crippen LogP contribution is -2.27. The van der Waals surface area contributed by atoms with Gasteiger partial charge in [-0.2, -0.15) is 9.97 Å². The number of aromatic amines is 1. The molecule has 166 valence electrons. The molecule has 32 heavy (non-hydrogen) atoms. The molecule has 3 aromatic heterocycles. The molecule has 4 aromatic rings. The number of anilines is 4. The maximum Gasteiger partial charge on any atom is 0.233 e. The number of rotatable bonds is 7. The molecule has 0 spiro atoms. The van der Waals surface area contributed by atoms with Crippen molar-refractivity contribution in [1.82, 2.24) is 19.9 Å². The average Bonchev–Trinajstić information content (AvgIpc) is 3.13. The first kappa shape index (κ1) is 21.4. The van der Waals surface area contributed by atoms with E-state index in [2.05, 4.69) is 30.6 Å². The van der Waals surface area contributed by atoms with Crippen molar-refractivity contribution in [2.45, 2.75) is 6.54 Å². The van der Waals surface area contributed by atoms with Crippen molar-refractivity contribution in [3.8, 4) is 0 Å². The van der Waals surface area contributed by atoms with E-state index in [9.17, 15) is 17.2 Å². The Morgan fingerprint density at radius 1 is 1.12 bits per heavy atom. The number of hydrogen-bond donors (Lipinski definition) is 3. The van der Waals surface area contributed by atoms with Crippen molar-refractivity contribution in [2.75, 3.05) is 28.2 Å². The minimum Gasteiger partial charge on any atom is -0.365 e. The largest absolute Gasteiger partial charge is 0.365 e. The minimum absolute atomic E-state index is 0.121. The van der Waals surface area contributed by atoms with Crippen LogP contribution in [0.5, 0.6) is 0 Å². The van der Waals surface area contributed by atoms with Gasteiger partial charge in [-0.25, -0.2) is 22.2 Å². The Hall–Kier alpha value is -3.80. The molecule has 0 saturated heterocycles. The van der Waals surface area contributed by atoms with Crippen molar-refractivity contribution >= 4 is 44.3 Å². The SMILES string of the molecule is CN(c1ncccc1CNc1nc(Nc2ccc(F)cc2)nc2[nH]cc(F)c12)S(C)(=O)=O. The summed E-state index contributed by atoms with van der Waals surface area (Å²) in [7, 11) is -2.12. The highest BCUT2D eigenvalue weighted by Gasteiger charge is 2.18. The number of hydrogen-bond acceptors (Lipinski definition) is 7. The van der Waals surface area contributed by atoms with Gasteiger partial charge in [0, 0.05) is 37.2 Å². The van der Waals surface area contributed by atoms with E-state index in [0.29, 0.717) is 11.3 Å². The predicted octanol–water partition coefficient (Wildman–Crippen LogP) is 3.38. The van der Waals surface area contributed by atoms with E-state index in [1.165, 1.54) is 43.7 Å². The standard InChI is InChI=1S/C20H19F2N7O2S/c1-29(32(2,30)31)19-12(4-3-9-23-19)10-24-17-16-15(22)11-25-18(16)28-20(27-17)26-14-7-5-13(21)6-8-14/h3-9,11H,10H2,1-2H3,(H3,24,25,26,27,28). The van der Waals surface area contributed by atoms with Gasteiger partial charge in [-0.1, -0.05) is 6.07 Å². The number of nitrogens with zero attached hydrogens (tertiary/aromatic N) is 4. The zero-order valence-electron chi connectivity index (χ0n) is 17.1. The molecular weight excluding hydrogens is 440 g/mol. The van der Waals surface area contributed by atoms with E-state index in [4.69, 9.17) is 0 Å². The lowest BCUT2D eigenvalue weighted by Gasteiger charge is -2.19. The summed E-state index contributed by atoms with van der Waals surface area (Å²) >= 11 is 0. The zero-order valence-corrected chi connectivity index (χ0v) is 17.9. The highest BCUT2D eigenvalue weighted by molar-refractivity contribution is 7.92. The summed E-state index contributed by atoms with van der Waals surface area (Å²) in [6, 6.07) is 9.00. The Kier molecular flexibility index (Phi) is 5.61. The number of fused-ring (bicyclic) bond motifs is 1. The molecule has 3 heterocycles. The summed E-state index contributed by atoms with van der Waals surface area (Å²) < 4.78 is 52.5. The Morgan fingerprint density at radius 3 is 2.59 bits per heavy atom. The Bertz CT molecular complexity index is 1370. The summed E-state index contributed by atoms with van der Waals surface area (Å²) in [5.41, 5.74) is 1.37. The van der Waals surface area contributed by atoms with Crippen molar-refractivity contribution < 1.29 is 17.2 Å². The summed E-state index contributed by atoms with van der Waals surface area (Å²) in [6.45, 7) is 0.121. The van der Waals surface area contributed by atoms with Gasteiger partial charge in [0.25, 0.3) is 0 Å². The van der Waals surface area contributed by atoms with Crippen LogP contribution in [-0.4, -0.2) is 41.7 Å². The summed E-state index contributed by atoms with van der Waals surface area (Å²) in [5, 5.41) is 6.14. The number of pyridine rings is 1. The highest BCUT2D eigenvalue weighted by Crippen LogP contribution is 2.27. The summed E-state index contributed by atoms with van der Waals surface area (Å²) in [6.07, 6.45) is 3.73. The maximum atomic E-state index is 14.4. The van der Waals surface area contributed by atoms with E-state index in [1.54, 1.807) is 12.1 Å². The quantitative estimate of drug-likeness (QED) is 0.388. The van der Waals surface area contributed by atoms with E-state index in [0.717, 1.165) is 10.6 Å². The number of nitrogens with one attached hydrogen (secondary N) is 3. The molecule has 12 heteroatoms. The van der Waals surface area contributed by atoms with Gasteiger partial charge in [0.1, 0.15) is 23.1 Å². The molecule has 0 radical (unpaired) electrons. The zero-order chi connectivity index (χ0) is 22.9. The second kappa shape index (κ2) is 8.38. The third-order valence-electron chi connectivity index (χ3n) is 4.69. The van der Waals surface area contributed by atoms with Crippen LogP contribution in [0.25, 0.3) is 11.0 Å². The van der Waals surface area contributed by atoms with E-state index < -0.39 is 15.8 Å². The molecule has 0 aliphatic heterocycles. The molecule has 0 saturated carbocycles. The summed E-state index contributed by atoms with van der Waals surface area (Å²) in [4.78, 5) is 15.5. The van der Waals surface area contributed by atoms with E-state index in [-0.39, 0.29) is 41.0 Å². The first-order chi connectivity index (χ1) is 15.2.